The Balaban J connectivity index is 2.17. The highest BCUT2D eigenvalue weighted by molar-refractivity contribution is 5.41. The fraction of sp³-hybridized carbons (Fsp3) is 0.600. The molecule has 3 unspecified atom stereocenters. The van der Waals surface area contributed by atoms with E-state index in [1.807, 2.05) is 19.1 Å². The molecule has 1 aliphatic carbocycles. The van der Waals surface area contributed by atoms with E-state index in [1.165, 1.54) is 24.0 Å². The van der Waals surface area contributed by atoms with E-state index in [9.17, 15) is 5.11 Å². The number of aliphatic hydroxyl groups excluding tert-OH is 1. The number of aryl methyl sites for hydroxylation is 1. The van der Waals surface area contributed by atoms with Gasteiger partial charge in [-0.3, -0.25) is 5.32 Å². The Kier molecular flexibility index (Phi) is 4.80. The fourth-order valence-corrected chi connectivity index (χ4v) is 2.52. The van der Waals surface area contributed by atoms with Crippen LogP contribution in [0.15, 0.2) is 18.2 Å². The number of rotatable bonds is 5. The van der Waals surface area contributed by atoms with Crippen LogP contribution in [-0.2, 0) is 12.8 Å². The molecule has 1 aliphatic rings. The Hall–Kier alpha value is -1.10. The summed E-state index contributed by atoms with van der Waals surface area (Å²) in [6.07, 6.45) is 3.29. The van der Waals surface area contributed by atoms with Gasteiger partial charge < -0.3 is 15.6 Å². The molecule has 0 saturated heterocycles. The molecule has 106 valence electrons. The van der Waals surface area contributed by atoms with Crippen LogP contribution in [0.25, 0.3) is 0 Å². The Morgan fingerprint density at radius 1 is 1.26 bits per heavy atom. The predicted molar refractivity (Wildman–Crippen MR) is 76.0 cm³/mol. The van der Waals surface area contributed by atoms with Crippen molar-refractivity contribution >= 4 is 0 Å². The molecular weight excluding hydrogens is 240 g/mol. The zero-order valence-corrected chi connectivity index (χ0v) is 11.7. The van der Waals surface area contributed by atoms with E-state index in [2.05, 4.69) is 11.4 Å². The second-order valence-corrected chi connectivity index (χ2v) is 5.34. The second-order valence-electron chi connectivity index (χ2n) is 5.34. The molecule has 19 heavy (non-hydrogen) atoms. The van der Waals surface area contributed by atoms with Gasteiger partial charge in [-0.15, -0.1) is 0 Å². The van der Waals surface area contributed by atoms with Gasteiger partial charge in [-0.25, -0.2) is 0 Å². The van der Waals surface area contributed by atoms with Gasteiger partial charge in [-0.05, 0) is 56.7 Å². The van der Waals surface area contributed by atoms with Crippen molar-refractivity contribution in [3.63, 3.8) is 0 Å². The van der Waals surface area contributed by atoms with Crippen molar-refractivity contribution in [2.24, 2.45) is 5.73 Å². The van der Waals surface area contributed by atoms with Gasteiger partial charge in [0.25, 0.3) is 0 Å². The fourth-order valence-electron chi connectivity index (χ4n) is 2.52. The van der Waals surface area contributed by atoms with Crippen molar-refractivity contribution in [2.75, 3.05) is 0 Å². The largest absolute Gasteiger partial charge is 0.472 e. The molecule has 0 saturated carbocycles. The Labute approximate surface area is 115 Å². The summed E-state index contributed by atoms with van der Waals surface area (Å²) in [5.74, 6) is 0.872. The van der Waals surface area contributed by atoms with Crippen LogP contribution in [0.5, 0.6) is 5.75 Å². The summed E-state index contributed by atoms with van der Waals surface area (Å²) < 4.78 is 5.94. The average molecular weight is 264 g/mol. The van der Waals surface area contributed by atoms with E-state index >= 15 is 0 Å². The van der Waals surface area contributed by atoms with E-state index in [-0.39, 0.29) is 6.17 Å². The highest BCUT2D eigenvalue weighted by Crippen LogP contribution is 2.30. The molecule has 0 radical (unpaired) electrons. The molecule has 0 spiro atoms. The van der Waals surface area contributed by atoms with E-state index in [0.717, 1.165) is 18.6 Å². The monoisotopic (exact) mass is 264 g/mol. The highest BCUT2D eigenvalue weighted by Gasteiger charge is 2.21. The van der Waals surface area contributed by atoms with Crippen LogP contribution >= 0.6 is 0 Å². The number of benzene rings is 1. The molecule has 0 amide bonds. The minimum Gasteiger partial charge on any atom is -0.472 e. The molecule has 1 aromatic rings. The van der Waals surface area contributed by atoms with Crippen LogP contribution in [0.1, 0.15) is 37.8 Å². The van der Waals surface area contributed by atoms with Crippen molar-refractivity contribution in [3.8, 4) is 5.75 Å². The topological polar surface area (TPSA) is 67.5 Å². The molecule has 0 aliphatic heterocycles. The molecular formula is C15H24N2O2. The van der Waals surface area contributed by atoms with Crippen LogP contribution in [-0.4, -0.2) is 23.6 Å². The molecule has 0 aromatic heterocycles. The van der Waals surface area contributed by atoms with Crippen molar-refractivity contribution in [1.82, 2.24) is 5.32 Å². The molecule has 0 bridgehead atoms. The summed E-state index contributed by atoms with van der Waals surface area (Å²) >= 11 is 0. The Morgan fingerprint density at radius 3 is 2.68 bits per heavy atom. The van der Waals surface area contributed by atoms with Gasteiger partial charge in [0.15, 0.2) is 6.23 Å². The lowest BCUT2D eigenvalue weighted by Crippen LogP contribution is -2.50. The minimum atomic E-state index is -0.620. The number of hydrogen-bond donors (Lipinski definition) is 3. The van der Waals surface area contributed by atoms with Gasteiger partial charge in [-0.1, -0.05) is 12.1 Å². The summed E-state index contributed by atoms with van der Waals surface area (Å²) in [6.45, 7) is 3.54. The molecule has 1 aromatic carbocycles. The van der Waals surface area contributed by atoms with Crippen molar-refractivity contribution in [1.29, 1.82) is 0 Å². The van der Waals surface area contributed by atoms with E-state index in [0.29, 0.717) is 0 Å². The lowest BCUT2D eigenvalue weighted by molar-refractivity contribution is 0.0202. The SMILES string of the molecule is CC(N)NC(Oc1cccc2c1CCCC2)C(C)O. The average Bonchev–Trinajstić information content (AvgIpc) is 2.37. The summed E-state index contributed by atoms with van der Waals surface area (Å²) in [4.78, 5) is 0. The number of fused-ring (bicyclic) bond motifs is 1. The summed E-state index contributed by atoms with van der Waals surface area (Å²) in [5.41, 5.74) is 8.37. The number of nitrogens with two attached hydrogens (primary N) is 1. The van der Waals surface area contributed by atoms with Gasteiger partial charge in [0, 0.05) is 0 Å². The third-order valence-electron chi connectivity index (χ3n) is 3.47. The van der Waals surface area contributed by atoms with Gasteiger partial charge in [0.1, 0.15) is 11.9 Å². The maximum Gasteiger partial charge on any atom is 0.177 e. The van der Waals surface area contributed by atoms with E-state index in [1.54, 1.807) is 6.92 Å². The van der Waals surface area contributed by atoms with Crippen molar-refractivity contribution in [2.45, 2.75) is 58.0 Å². The zero-order valence-electron chi connectivity index (χ0n) is 11.7. The molecule has 4 N–H and O–H groups in total. The van der Waals surface area contributed by atoms with Crippen LogP contribution < -0.4 is 15.8 Å². The third kappa shape index (κ3) is 3.69. The van der Waals surface area contributed by atoms with Crippen molar-refractivity contribution < 1.29 is 9.84 Å². The number of ether oxygens (including phenoxy) is 1. The molecule has 0 fully saturated rings. The third-order valence-corrected chi connectivity index (χ3v) is 3.47. The molecule has 0 heterocycles. The number of aliphatic hydroxyl groups is 1. The quantitative estimate of drug-likeness (QED) is 0.706. The minimum absolute atomic E-state index is 0.223. The second kappa shape index (κ2) is 6.37. The highest BCUT2D eigenvalue weighted by atomic mass is 16.5. The van der Waals surface area contributed by atoms with Crippen LogP contribution in [0.3, 0.4) is 0 Å². The number of hydrogen-bond acceptors (Lipinski definition) is 4. The van der Waals surface area contributed by atoms with Crippen LogP contribution in [0.4, 0.5) is 0 Å². The Morgan fingerprint density at radius 2 is 2.00 bits per heavy atom. The van der Waals surface area contributed by atoms with Gasteiger partial charge in [0.05, 0.1) is 6.17 Å². The van der Waals surface area contributed by atoms with Gasteiger partial charge >= 0.3 is 0 Å². The first-order valence-electron chi connectivity index (χ1n) is 7.05. The normalized spacial score (nSPS) is 19.4. The van der Waals surface area contributed by atoms with Crippen LogP contribution in [0, 0.1) is 0 Å². The first kappa shape index (κ1) is 14.3. The number of nitrogens with one attached hydrogen (secondary N) is 1. The molecule has 2 rings (SSSR count). The lowest BCUT2D eigenvalue weighted by Gasteiger charge is -2.27. The van der Waals surface area contributed by atoms with Gasteiger partial charge in [0.2, 0.25) is 0 Å². The lowest BCUT2D eigenvalue weighted by atomic mass is 9.91. The smallest absolute Gasteiger partial charge is 0.177 e. The molecule has 3 atom stereocenters. The maximum atomic E-state index is 9.78. The standard InChI is InChI=1S/C15H24N2O2/c1-10(18)15(17-11(2)16)19-14-9-5-7-12-6-3-4-8-13(12)14/h5,7,9-11,15,17-18H,3-4,6,8,16H2,1-2H3. The molecule has 4 heteroatoms. The maximum absolute atomic E-state index is 9.78. The first-order valence-corrected chi connectivity index (χ1v) is 7.05. The predicted octanol–water partition coefficient (Wildman–Crippen LogP) is 1.55. The Bertz CT molecular complexity index is 419. The summed E-state index contributed by atoms with van der Waals surface area (Å²) in [6, 6.07) is 6.16. The summed E-state index contributed by atoms with van der Waals surface area (Å²) in [7, 11) is 0. The van der Waals surface area contributed by atoms with E-state index < -0.39 is 12.3 Å². The first-order chi connectivity index (χ1) is 9.08. The molecule has 4 nitrogen and oxygen atoms in total. The zero-order chi connectivity index (χ0) is 13.8. The van der Waals surface area contributed by atoms with Crippen molar-refractivity contribution in [3.05, 3.63) is 29.3 Å². The van der Waals surface area contributed by atoms with E-state index in [4.69, 9.17) is 10.5 Å². The van der Waals surface area contributed by atoms with Gasteiger partial charge in [-0.2, -0.15) is 0 Å². The van der Waals surface area contributed by atoms with Crippen LogP contribution in [0.2, 0.25) is 0 Å². The summed E-state index contributed by atoms with van der Waals surface area (Å²) in [5, 5.41) is 12.8.